The van der Waals surface area contributed by atoms with Gasteiger partial charge in [-0.3, -0.25) is 19.6 Å². The maximum atomic E-state index is 14.0. The van der Waals surface area contributed by atoms with Gasteiger partial charge in [0.05, 0.1) is 11.3 Å². The third-order valence-electron chi connectivity index (χ3n) is 7.97. The molecule has 1 aromatic carbocycles. The Morgan fingerprint density at radius 1 is 1.05 bits per heavy atom. The van der Waals surface area contributed by atoms with E-state index in [0.29, 0.717) is 38.0 Å². The minimum absolute atomic E-state index is 0.0178. The highest BCUT2D eigenvalue weighted by Crippen LogP contribution is 2.44. The molecule has 3 atom stereocenters. The van der Waals surface area contributed by atoms with Crippen LogP contribution in [0.3, 0.4) is 0 Å². The Labute approximate surface area is 235 Å². The van der Waals surface area contributed by atoms with E-state index in [1.165, 1.54) is 29.3 Å². The van der Waals surface area contributed by atoms with Crippen LogP contribution in [-0.2, 0) is 17.5 Å². The molecule has 222 valence electrons. The van der Waals surface area contributed by atoms with E-state index in [2.05, 4.69) is 10.3 Å². The third kappa shape index (κ3) is 6.54. The first-order valence-corrected chi connectivity index (χ1v) is 13.6. The van der Waals surface area contributed by atoms with Gasteiger partial charge in [-0.1, -0.05) is 6.07 Å². The number of fused-ring (bicyclic) bond motifs is 1. The van der Waals surface area contributed by atoms with Crippen LogP contribution in [0, 0.1) is 11.8 Å². The van der Waals surface area contributed by atoms with Crippen molar-refractivity contribution in [2.75, 3.05) is 44.6 Å². The normalized spacial score (nSPS) is 23.0. The molecule has 0 spiro atoms. The number of anilines is 1. The average Bonchev–Trinajstić information content (AvgIpc) is 3.27. The lowest BCUT2D eigenvalue weighted by atomic mass is 10.0. The quantitative estimate of drug-likeness (QED) is 0.472. The average molecular weight is 577 g/mol. The molecule has 0 radical (unpaired) electrons. The number of likely N-dealkylation sites (tertiary alicyclic amines) is 1. The Balaban J connectivity index is 1.23. The Hall–Kier alpha value is -3.49. The van der Waals surface area contributed by atoms with Gasteiger partial charge in [-0.2, -0.15) is 18.2 Å². The number of hydrogen-bond donors (Lipinski definition) is 3. The van der Waals surface area contributed by atoms with E-state index in [1.807, 2.05) is 4.90 Å². The first kappa shape index (κ1) is 29.0. The van der Waals surface area contributed by atoms with E-state index in [-0.39, 0.29) is 55.1 Å². The van der Waals surface area contributed by atoms with Gasteiger partial charge in [-0.15, -0.1) is 0 Å². The van der Waals surface area contributed by atoms with Crippen LogP contribution in [0.4, 0.5) is 23.8 Å². The SMILES string of the molecule is CC(C)(N)CC(=O)N1CCN(C(=O)Nc2ccn(-c3ccc(CN4CC5C(N)[C@@H]5C4)c(C(F)(F)F)c3)c(=O)n2)CC1. The summed E-state index contributed by atoms with van der Waals surface area (Å²) < 4.78 is 42.9. The summed E-state index contributed by atoms with van der Waals surface area (Å²) in [7, 11) is 0. The molecule has 1 aromatic heterocycles. The molecule has 2 unspecified atom stereocenters. The van der Waals surface area contributed by atoms with Crippen LogP contribution in [0.15, 0.2) is 35.3 Å². The van der Waals surface area contributed by atoms with Gasteiger partial charge in [0.15, 0.2) is 0 Å². The van der Waals surface area contributed by atoms with Crippen molar-refractivity contribution in [2.24, 2.45) is 23.3 Å². The largest absolute Gasteiger partial charge is 0.416 e. The maximum absolute atomic E-state index is 14.0. The first-order valence-electron chi connectivity index (χ1n) is 13.6. The van der Waals surface area contributed by atoms with Crippen molar-refractivity contribution >= 4 is 17.8 Å². The van der Waals surface area contributed by atoms with E-state index < -0.39 is 29.0 Å². The lowest BCUT2D eigenvalue weighted by Gasteiger charge is -2.35. The topological polar surface area (TPSA) is 143 Å². The summed E-state index contributed by atoms with van der Waals surface area (Å²) in [4.78, 5) is 46.8. The standard InChI is InChI=1S/C27H35F3N8O3/c1-26(2,32)12-22(39)36-7-9-37(10-8-36)24(40)33-21-5-6-38(25(41)34-21)17-4-3-16(20(11-17)27(28,29)30)13-35-14-18-19(15-35)23(18)31/h3-6,11,18-19,23H,7-10,12-15,31-32H2,1-2H3,(H,33,34,40,41)/t18-,19?,23?/m1/s1. The second kappa shape index (κ2) is 10.7. The molecule has 5 N–H and O–H groups in total. The molecular formula is C27H35F3N8O3. The zero-order chi connectivity index (χ0) is 29.7. The molecule has 2 saturated heterocycles. The monoisotopic (exact) mass is 576 g/mol. The number of urea groups is 1. The van der Waals surface area contributed by atoms with E-state index >= 15 is 0 Å². The van der Waals surface area contributed by atoms with Gasteiger partial charge < -0.3 is 21.3 Å². The second-order valence-electron chi connectivity index (χ2n) is 11.9. The molecule has 2 aliphatic heterocycles. The molecule has 2 aromatic rings. The number of halogens is 3. The highest BCUT2D eigenvalue weighted by molar-refractivity contribution is 5.88. The predicted molar refractivity (Wildman–Crippen MR) is 145 cm³/mol. The van der Waals surface area contributed by atoms with Gasteiger partial charge in [0.1, 0.15) is 5.82 Å². The van der Waals surface area contributed by atoms with Crippen LogP contribution < -0.4 is 22.5 Å². The molecule has 3 heterocycles. The number of aromatic nitrogens is 2. The van der Waals surface area contributed by atoms with E-state index in [9.17, 15) is 27.6 Å². The predicted octanol–water partition coefficient (Wildman–Crippen LogP) is 1.44. The Morgan fingerprint density at radius 2 is 1.68 bits per heavy atom. The zero-order valence-electron chi connectivity index (χ0n) is 23.0. The zero-order valence-corrected chi connectivity index (χ0v) is 23.0. The molecule has 1 aliphatic carbocycles. The van der Waals surface area contributed by atoms with Crippen molar-refractivity contribution < 1.29 is 22.8 Å². The van der Waals surface area contributed by atoms with Gasteiger partial charge in [-0.05, 0) is 49.4 Å². The summed E-state index contributed by atoms with van der Waals surface area (Å²) in [5.41, 5.74) is 9.75. The molecule has 14 heteroatoms. The minimum Gasteiger partial charge on any atom is -0.339 e. The van der Waals surface area contributed by atoms with Crippen LogP contribution in [-0.4, -0.2) is 87.0 Å². The summed E-state index contributed by atoms with van der Waals surface area (Å²) in [5, 5.41) is 2.55. The van der Waals surface area contributed by atoms with Gasteiger partial charge in [0.25, 0.3) is 0 Å². The summed E-state index contributed by atoms with van der Waals surface area (Å²) in [5.74, 6) is 0.602. The van der Waals surface area contributed by atoms with Crippen molar-refractivity contribution in [3.05, 3.63) is 52.1 Å². The molecule has 1 saturated carbocycles. The lowest BCUT2D eigenvalue weighted by molar-refractivity contribution is -0.138. The number of piperidine rings is 1. The number of carbonyl (C=O) groups is 2. The number of piperazine rings is 1. The van der Waals surface area contributed by atoms with Gasteiger partial charge in [0, 0.05) is 70.0 Å². The summed E-state index contributed by atoms with van der Waals surface area (Å²) in [6, 6.07) is 4.81. The number of rotatable bonds is 6. The van der Waals surface area contributed by atoms with Crippen molar-refractivity contribution in [1.29, 1.82) is 0 Å². The molecule has 3 amide bonds. The van der Waals surface area contributed by atoms with Crippen LogP contribution in [0.5, 0.6) is 0 Å². The highest BCUT2D eigenvalue weighted by Gasteiger charge is 2.53. The van der Waals surface area contributed by atoms with Crippen LogP contribution in [0.1, 0.15) is 31.4 Å². The number of benzene rings is 1. The summed E-state index contributed by atoms with van der Waals surface area (Å²) in [6.45, 7) is 6.34. The third-order valence-corrected chi connectivity index (χ3v) is 7.97. The van der Waals surface area contributed by atoms with Crippen LogP contribution in [0.2, 0.25) is 0 Å². The Kier molecular flexibility index (Phi) is 7.59. The lowest BCUT2D eigenvalue weighted by Crippen LogP contribution is -2.53. The van der Waals surface area contributed by atoms with Crippen molar-refractivity contribution in [3.63, 3.8) is 0 Å². The molecule has 11 nitrogen and oxygen atoms in total. The maximum Gasteiger partial charge on any atom is 0.416 e. The number of amides is 3. The Morgan fingerprint density at radius 3 is 2.27 bits per heavy atom. The van der Waals surface area contributed by atoms with Crippen molar-refractivity contribution in [1.82, 2.24) is 24.3 Å². The number of hydrogen-bond acceptors (Lipinski definition) is 7. The fourth-order valence-corrected chi connectivity index (χ4v) is 5.66. The second-order valence-corrected chi connectivity index (χ2v) is 11.9. The number of carbonyl (C=O) groups excluding carboxylic acids is 2. The van der Waals surface area contributed by atoms with Gasteiger partial charge >= 0.3 is 17.9 Å². The molecule has 5 rings (SSSR count). The molecule has 3 fully saturated rings. The molecule has 0 bridgehead atoms. The van der Waals surface area contributed by atoms with Crippen LogP contribution >= 0.6 is 0 Å². The fraction of sp³-hybridized carbons (Fsp3) is 0.556. The van der Waals surface area contributed by atoms with E-state index in [1.54, 1.807) is 18.7 Å². The molecular weight excluding hydrogens is 541 g/mol. The van der Waals surface area contributed by atoms with E-state index in [4.69, 9.17) is 11.5 Å². The minimum atomic E-state index is -4.61. The molecule has 41 heavy (non-hydrogen) atoms. The van der Waals surface area contributed by atoms with Crippen LogP contribution in [0.25, 0.3) is 5.69 Å². The van der Waals surface area contributed by atoms with Crippen molar-refractivity contribution in [3.8, 4) is 5.69 Å². The number of nitrogens with one attached hydrogen (secondary N) is 1. The van der Waals surface area contributed by atoms with E-state index in [0.717, 1.165) is 10.6 Å². The smallest absolute Gasteiger partial charge is 0.339 e. The Bertz CT molecular complexity index is 1370. The number of nitrogens with two attached hydrogens (primary N) is 2. The molecule has 3 aliphatic rings. The van der Waals surface area contributed by atoms with Gasteiger partial charge in [0.2, 0.25) is 5.91 Å². The summed E-state index contributed by atoms with van der Waals surface area (Å²) >= 11 is 0. The fourth-order valence-electron chi connectivity index (χ4n) is 5.66. The van der Waals surface area contributed by atoms with Gasteiger partial charge in [-0.25, -0.2) is 9.59 Å². The number of alkyl halides is 3. The number of nitrogens with zero attached hydrogens (tertiary/aromatic N) is 5. The summed E-state index contributed by atoms with van der Waals surface area (Å²) in [6.07, 6.45) is -3.13. The highest BCUT2D eigenvalue weighted by atomic mass is 19.4. The van der Waals surface area contributed by atoms with Crippen molar-refractivity contribution in [2.45, 2.75) is 44.6 Å². The first-order chi connectivity index (χ1) is 19.2.